The molecule has 1 unspecified atom stereocenters. The molecule has 0 saturated heterocycles. The van der Waals surface area contributed by atoms with E-state index < -0.39 is 69.3 Å². The van der Waals surface area contributed by atoms with Gasteiger partial charge in [0.05, 0.1) is 11.5 Å². The minimum atomic E-state index is -6.35. The van der Waals surface area contributed by atoms with Crippen LogP contribution in [0.1, 0.15) is 37.7 Å². The third-order valence-electron chi connectivity index (χ3n) is 5.04. The van der Waals surface area contributed by atoms with E-state index in [9.17, 15) is 53.1 Å². The molecular formula is C19H18F8O8S. The molecule has 1 atom stereocenters. The van der Waals surface area contributed by atoms with Gasteiger partial charge in [-0.3, -0.25) is 9.35 Å². The fourth-order valence-electron chi connectivity index (χ4n) is 3.10. The monoisotopic (exact) mass is 558 g/mol. The predicted octanol–water partition coefficient (Wildman–Crippen LogP) is 4.49. The van der Waals surface area contributed by atoms with Crippen molar-refractivity contribution in [3.05, 3.63) is 29.8 Å². The van der Waals surface area contributed by atoms with E-state index in [1.165, 1.54) is 0 Å². The Morgan fingerprint density at radius 1 is 0.917 bits per heavy atom. The van der Waals surface area contributed by atoms with Crippen LogP contribution in [0.15, 0.2) is 24.3 Å². The van der Waals surface area contributed by atoms with Crippen LogP contribution >= 0.6 is 0 Å². The number of alkyl halides is 8. The number of rotatable bonds is 8. The topological polar surface area (TPSA) is 116 Å². The van der Waals surface area contributed by atoms with Gasteiger partial charge in [0.15, 0.2) is 0 Å². The number of carbonyl (C=O) groups excluding carboxylic acids is 2. The van der Waals surface area contributed by atoms with Crippen molar-refractivity contribution in [3.8, 4) is 5.75 Å². The molecule has 0 spiro atoms. The van der Waals surface area contributed by atoms with E-state index in [1.807, 2.05) is 0 Å². The molecule has 1 fully saturated rings. The highest BCUT2D eigenvalue weighted by atomic mass is 32.2. The lowest BCUT2D eigenvalue weighted by Crippen LogP contribution is -2.61. The van der Waals surface area contributed by atoms with Crippen LogP contribution in [0.25, 0.3) is 0 Å². The van der Waals surface area contributed by atoms with Crippen molar-refractivity contribution in [2.45, 2.75) is 55.5 Å². The summed E-state index contributed by atoms with van der Waals surface area (Å²) < 4.78 is 150. The van der Waals surface area contributed by atoms with Crippen molar-refractivity contribution in [1.82, 2.24) is 0 Å². The standard InChI is InChI=1S/C19H18F8O8S/c20-16(21,36(30,31)32)10-33-17(19(25,26)27,35-14(28)11-4-2-1-3-5-11)15(29)34-13-8-6-12(7-9-13)18(22,23)24/h6-9,11H,1-5,10H2,(H,30,31,32). The molecule has 1 aromatic carbocycles. The van der Waals surface area contributed by atoms with Crippen molar-refractivity contribution in [1.29, 1.82) is 0 Å². The van der Waals surface area contributed by atoms with Gasteiger partial charge in [0.1, 0.15) is 12.4 Å². The molecule has 17 heteroatoms. The first-order valence-corrected chi connectivity index (χ1v) is 11.4. The van der Waals surface area contributed by atoms with E-state index in [-0.39, 0.29) is 12.8 Å². The molecule has 0 amide bonds. The van der Waals surface area contributed by atoms with Gasteiger partial charge >= 0.3 is 45.5 Å². The number of hydrogen-bond acceptors (Lipinski definition) is 7. The lowest BCUT2D eigenvalue weighted by Gasteiger charge is -2.34. The first kappa shape index (κ1) is 29.7. The molecule has 36 heavy (non-hydrogen) atoms. The average Bonchev–Trinajstić information content (AvgIpc) is 2.75. The molecule has 0 radical (unpaired) electrons. The zero-order valence-corrected chi connectivity index (χ0v) is 18.7. The first-order valence-electron chi connectivity index (χ1n) is 9.98. The van der Waals surface area contributed by atoms with Crippen LogP contribution in [0.3, 0.4) is 0 Å². The second kappa shape index (κ2) is 10.5. The Morgan fingerprint density at radius 2 is 1.44 bits per heavy atom. The van der Waals surface area contributed by atoms with Gasteiger partial charge in [-0.15, -0.1) is 0 Å². The van der Waals surface area contributed by atoms with Crippen LogP contribution in [-0.4, -0.2) is 48.7 Å². The van der Waals surface area contributed by atoms with Gasteiger partial charge in [0, 0.05) is 0 Å². The number of halogens is 8. The molecule has 1 N–H and O–H groups in total. The van der Waals surface area contributed by atoms with Gasteiger partial charge in [-0.1, -0.05) is 19.3 Å². The van der Waals surface area contributed by atoms with Gasteiger partial charge < -0.3 is 14.2 Å². The van der Waals surface area contributed by atoms with Gasteiger partial charge in [-0.25, -0.2) is 4.79 Å². The molecule has 0 bridgehead atoms. The van der Waals surface area contributed by atoms with Crippen molar-refractivity contribution in [2.24, 2.45) is 5.92 Å². The first-order chi connectivity index (χ1) is 16.3. The SMILES string of the molecule is O=C(OC(OCC(F)(F)S(=O)(=O)O)(C(=O)Oc1ccc(C(F)(F)F)cc1)C(F)(F)F)C1CCCCC1. The summed E-state index contributed by atoms with van der Waals surface area (Å²) in [6.45, 7) is -2.81. The molecule has 204 valence electrons. The largest absolute Gasteiger partial charge is 0.468 e. The summed E-state index contributed by atoms with van der Waals surface area (Å²) in [4.78, 5) is 24.9. The van der Waals surface area contributed by atoms with Crippen molar-refractivity contribution < 1.29 is 71.9 Å². The lowest BCUT2D eigenvalue weighted by molar-refractivity contribution is -0.359. The summed E-state index contributed by atoms with van der Waals surface area (Å²) in [6.07, 6.45) is -9.59. The van der Waals surface area contributed by atoms with Crippen LogP contribution in [0.4, 0.5) is 35.1 Å². The van der Waals surface area contributed by atoms with Crippen LogP contribution in [0.5, 0.6) is 5.75 Å². The summed E-state index contributed by atoms with van der Waals surface area (Å²) in [5, 5.41) is -5.39. The van der Waals surface area contributed by atoms with Gasteiger partial charge in [-0.05, 0) is 37.1 Å². The third kappa shape index (κ3) is 6.82. The van der Waals surface area contributed by atoms with Gasteiger partial charge in [0.25, 0.3) is 0 Å². The van der Waals surface area contributed by atoms with E-state index in [0.717, 1.165) is 0 Å². The Balaban J connectivity index is 2.46. The number of hydrogen-bond donors (Lipinski definition) is 1. The minimum absolute atomic E-state index is 0.0158. The van der Waals surface area contributed by atoms with E-state index in [0.29, 0.717) is 43.5 Å². The number of carbonyl (C=O) groups is 2. The summed E-state index contributed by atoms with van der Waals surface area (Å²) in [7, 11) is -6.35. The molecule has 0 aromatic heterocycles. The highest BCUT2D eigenvalue weighted by Crippen LogP contribution is 2.40. The number of benzene rings is 1. The maximum atomic E-state index is 14.0. The van der Waals surface area contributed by atoms with E-state index in [4.69, 9.17) is 4.55 Å². The molecule has 1 aliphatic carbocycles. The fraction of sp³-hybridized carbons (Fsp3) is 0.579. The van der Waals surface area contributed by atoms with Crippen LogP contribution < -0.4 is 4.74 Å². The summed E-state index contributed by atoms with van der Waals surface area (Å²) in [5.41, 5.74) is -1.28. The van der Waals surface area contributed by atoms with Crippen LogP contribution in [0, 0.1) is 5.92 Å². The summed E-state index contributed by atoms with van der Waals surface area (Å²) in [6, 6.07) is 1.47. The molecule has 1 aliphatic rings. The maximum Gasteiger partial charge on any atom is 0.468 e. The Hall–Kier alpha value is -2.53. The van der Waals surface area contributed by atoms with Crippen LogP contribution in [0.2, 0.25) is 0 Å². The highest BCUT2D eigenvalue weighted by molar-refractivity contribution is 7.86. The number of ether oxygens (including phenoxy) is 3. The average molecular weight is 558 g/mol. The number of esters is 2. The second-order valence-electron chi connectivity index (χ2n) is 7.68. The second-order valence-corrected chi connectivity index (χ2v) is 9.23. The Labute approximate surface area is 198 Å². The van der Waals surface area contributed by atoms with E-state index in [1.54, 1.807) is 0 Å². The van der Waals surface area contributed by atoms with Crippen molar-refractivity contribution in [2.75, 3.05) is 6.61 Å². The van der Waals surface area contributed by atoms with Gasteiger partial charge in [-0.2, -0.15) is 43.5 Å². The Bertz CT molecular complexity index is 1050. The lowest BCUT2D eigenvalue weighted by atomic mass is 9.89. The molecule has 1 saturated carbocycles. The maximum absolute atomic E-state index is 14.0. The van der Waals surface area contributed by atoms with Gasteiger partial charge in [0.2, 0.25) is 0 Å². The fourth-order valence-corrected chi connectivity index (χ4v) is 3.30. The minimum Gasteiger partial charge on any atom is -0.421 e. The normalized spacial score (nSPS) is 17.8. The molecule has 8 nitrogen and oxygen atoms in total. The van der Waals surface area contributed by atoms with E-state index >= 15 is 0 Å². The Morgan fingerprint density at radius 3 is 1.89 bits per heavy atom. The molecule has 2 rings (SSSR count). The van der Waals surface area contributed by atoms with E-state index in [2.05, 4.69) is 14.2 Å². The Kier molecular flexibility index (Phi) is 8.62. The summed E-state index contributed by atoms with van der Waals surface area (Å²) in [5.74, 6) is -11.5. The molecule has 0 aliphatic heterocycles. The van der Waals surface area contributed by atoms with Crippen LogP contribution in [-0.2, 0) is 35.4 Å². The highest BCUT2D eigenvalue weighted by Gasteiger charge is 2.69. The smallest absolute Gasteiger partial charge is 0.421 e. The zero-order valence-electron chi connectivity index (χ0n) is 17.9. The van der Waals surface area contributed by atoms with Crippen molar-refractivity contribution >= 4 is 22.1 Å². The zero-order chi connectivity index (χ0) is 27.6. The quantitative estimate of drug-likeness (QED) is 0.163. The molecular weight excluding hydrogens is 540 g/mol. The molecule has 1 aromatic rings. The van der Waals surface area contributed by atoms with Crippen molar-refractivity contribution in [3.63, 3.8) is 0 Å². The molecule has 0 heterocycles. The summed E-state index contributed by atoms with van der Waals surface area (Å²) >= 11 is 0. The third-order valence-corrected chi connectivity index (χ3v) is 5.91. The predicted molar refractivity (Wildman–Crippen MR) is 101 cm³/mol.